The second-order valence-corrected chi connectivity index (χ2v) is 8.89. The quantitative estimate of drug-likeness (QED) is 0.535. The molecular weight excluding hydrogens is 418 g/mol. The fourth-order valence-corrected chi connectivity index (χ4v) is 3.75. The predicted molar refractivity (Wildman–Crippen MR) is 117 cm³/mol. The molecule has 3 rings (SSSR count). The summed E-state index contributed by atoms with van der Waals surface area (Å²) in [5.41, 5.74) is 1.45. The van der Waals surface area contributed by atoms with Gasteiger partial charge in [-0.05, 0) is 42.0 Å². The number of para-hydroxylation sites is 2. The number of anilines is 2. The third-order valence-electron chi connectivity index (χ3n) is 4.43. The molecule has 0 aliphatic rings. The number of sulfonamides is 1. The average Bonchev–Trinajstić information content (AvgIpc) is 2.78. The van der Waals surface area contributed by atoms with Gasteiger partial charge in [0.25, 0.3) is 0 Å². The molecule has 162 valence electrons. The molecule has 0 atom stereocenters. The Bertz CT molecular complexity index is 1180. The Balaban J connectivity index is 1.77. The van der Waals surface area contributed by atoms with Crippen molar-refractivity contribution in [1.29, 1.82) is 0 Å². The first-order valence-corrected chi connectivity index (χ1v) is 10.8. The molecule has 0 bridgehead atoms. The molecule has 0 saturated carbocycles. The lowest BCUT2D eigenvalue weighted by molar-refractivity contribution is 0.0473. The van der Waals surface area contributed by atoms with Gasteiger partial charge in [0.1, 0.15) is 23.7 Å². The number of esters is 1. The zero-order valence-electron chi connectivity index (χ0n) is 17.4. The van der Waals surface area contributed by atoms with Crippen LogP contribution in [0.2, 0.25) is 0 Å². The summed E-state index contributed by atoms with van der Waals surface area (Å²) in [4.78, 5) is 17.1. The Hall–Kier alpha value is -3.43. The standard InChI is InChI=1S/C22H23N3O5S/c1-25(2)31(27,28)17-9-6-8-16(14-17)15-30-22(26)18-10-7-13-23-21(18)24-19-11-4-5-12-20(19)29-3/h4-14H,15H2,1-3H3,(H,23,24). The molecule has 0 aliphatic heterocycles. The molecule has 0 aliphatic carbocycles. The third-order valence-corrected chi connectivity index (χ3v) is 6.25. The Morgan fingerprint density at radius 3 is 2.58 bits per heavy atom. The first kappa shape index (κ1) is 22.3. The van der Waals surface area contributed by atoms with Gasteiger partial charge < -0.3 is 14.8 Å². The molecule has 0 unspecified atom stereocenters. The minimum Gasteiger partial charge on any atom is -0.495 e. The van der Waals surface area contributed by atoms with E-state index in [1.54, 1.807) is 49.7 Å². The number of rotatable bonds is 8. The third kappa shape index (κ3) is 5.19. The van der Waals surface area contributed by atoms with E-state index in [0.717, 1.165) is 4.31 Å². The van der Waals surface area contributed by atoms with E-state index >= 15 is 0 Å². The molecule has 0 spiro atoms. The van der Waals surface area contributed by atoms with E-state index in [1.807, 2.05) is 12.1 Å². The van der Waals surface area contributed by atoms with Crippen molar-refractivity contribution < 1.29 is 22.7 Å². The fraction of sp³-hybridized carbons (Fsp3) is 0.182. The topological polar surface area (TPSA) is 97.8 Å². The van der Waals surface area contributed by atoms with Crippen molar-refractivity contribution >= 4 is 27.5 Å². The van der Waals surface area contributed by atoms with Crippen LogP contribution in [0.1, 0.15) is 15.9 Å². The van der Waals surface area contributed by atoms with Crippen LogP contribution in [0.3, 0.4) is 0 Å². The molecule has 0 fully saturated rings. The van der Waals surface area contributed by atoms with Crippen molar-refractivity contribution in [2.24, 2.45) is 0 Å². The smallest absolute Gasteiger partial charge is 0.342 e. The number of ether oxygens (including phenoxy) is 2. The molecule has 2 aromatic carbocycles. The second-order valence-electron chi connectivity index (χ2n) is 6.74. The summed E-state index contributed by atoms with van der Waals surface area (Å²) in [5.74, 6) is 0.332. The van der Waals surface area contributed by atoms with Crippen molar-refractivity contribution in [3.8, 4) is 5.75 Å². The van der Waals surface area contributed by atoms with Crippen LogP contribution in [0.25, 0.3) is 0 Å². The first-order valence-electron chi connectivity index (χ1n) is 9.36. The first-order chi connectivity index (χ1) is 14.8. The highest BCUT2D eigenvalue weighted by Crippen LogP contribution is 2.28. The van der Waals surface area contributed by atoms with E-state index in [9.17, 15) is 13.2 Å². The average molecular weight is 442 g/mol. The fourth-order valence-electron chi connectivity index (χ4n) is 2.78. The van der Waals surface area contributed by atoms with Gasteiger partial charge in [0, 0.05) is 20.3 Å². The lowest BCUT2D eigenvalue weighted by atomic mass is 10.2. The van der Waals surface area contributed by atoms with Crippen molar-refractivity contribution in [2.75, 3.05) is 26.5 Å². The van der Waals surface area contributed by atoms with Crippen molar-refractivity contribution in [2.45, 2.75) is 11.5 Å². The number of nitrogens with one attached hydrogen (secondary N) is 1. The van der Waals surface area contributed by atoms with Gasteiger partial charge in [-0.15, -0.1) is 0 Å². The molecule has 31 heavy (non-hydrogen) atoms. The molecule has 0 radical (unpaired) electrons. The number of nitrogens with zero attached hydrogens (tertiary/aromatic N) is 2. The van der Waals surface area contributed by atoms with Crippen LogP contribution in [0.5, 0.6) is 5.75 Å². The Kier molecular flexibility index (Phi) is 6.88. The van der Waals surface area contributed by atoms with Crippen molar-refractivity contribution in [1.82, 2.24) is 9.29 Å². The summed E-state index contributed by atoms with van der Waals surface area (Å²) in [6.45, 7) is -0.0847. The molecule has 3 aromatic rings. The molecule has 0 amide bonds. The summed E-state index contributed by atoms with van der Waals surface area (Å²) < 4.78 is 36.5. The molecule has 1 aromatic heterocycles. The predicted octanol–water partition coefficient (Wildman–Crippen LogP) is 3.44. The normalized spacial score (nSPS) is 11.2. The minimum atomic E-state index is -3.58. The van der Waals surface area contributed by atoms with Gasteiger partial charge in [-0.2, -0.15) is 0 Å². The monoisotopic (exact) mass is 441 g/mol. The van der Waals surface area contributed by atoms with E-state index in [1.165, 1.54) is 26.2 Å². The van der Waals surface area contributed by atoms with Crippen LogP contribution in [-0.4, -0.2) is 44.9 Å². The van der Waals surface area contributed by atoms with E-state index < -0.39 is 16.0 Å². The molecule has 0 saturated heterocycles. The summed E-state index contributed by atoms with van der Waals surface area (Å²) in [6, 6.07) is 16.8. The Labute approximate surface area is 181 Å². The van der Waals surface area contributed by atoms with Gasteiger partial charge in [-0.3, -0.25) is 0 Å². The van der Waals surface area contributed by atoms with E-state index in [4.69, 9.17) is 9.47 Å². The van der Waals surface area contributed by atoms with Crippen LogP contribution in [0.4, 0.5) is 11.5 Å². The van der Waals surface area contributed by atoms with Gasteiger partial charge >= 0.3 is 5.97 Å². The van der Waals surface area contributed by atoms with E-state index in [2.05, 4.69) is 10.3 Å². The van der Waals surface area contributed by atoms with Crippen LogP contribution in [0.15, 0.2) is 71.8 Å². The summed E-state index contributed by atoms with van der Waals surface area (Å²) in [6.07, 6.45) is 1.56. The van der Waals surface area contributed by atoms with Gasteiger partial charge in [0.2, 0.25) is 10.0 Å². The molecule has 8 nitrogen and oxygen atoms in total. The van der Waals surface area contributed by atoms with Crippen LogP contribution >= 0.6 is 0 Å². The summed E-state index contributed by atoms with van der Waals surface area (Å²) in [5, 5.41) is 3.09. The number of aromatic nitrogens is 1. The molecule has 1 heterocycles. The van der Waals surface area contributed by atoms with Gasteiger partial charge in [0.05, 0.1) is 17.7 Å². The minimum absolute atomic E-state index is 0.0847. The highest BCUT2D eigenvalue weighted by molar-refractivity contribution is 7.89. The number of benzene rings is 2. The summed E-state index contributed by atoms with van der Waals surface area (Å²) >= 11 is 0. The maximum atomic E-state index is 12.7. The zero-order valence-corrected chi connectivity index (χ0v) is 18.2. The Morgan fingerprint density at radius 2 is 1.84 bits per heavy atom. The number of hydrogen-bond acceptors (Lipinski definition) is 7. The van der Waals surface area contributed by atoms with Crippen LogP contribution in [0, 0.1) is 0 Å². The number of hydrogen-bond donors (Lipinski definition) is 1. The maximum Gasteiger partial charge on any atom is 0.342 e. The molecule has 9 heteroatoms. The lowest BCUT2D eigenvalue weighted by Gasteiger charge is -2.14. The SMILES string of the molecule is COc1ccccc1Nc1ncccc1C(=O)OCc1cccc(S(=O)(=O)N(C)C)c1. The van der Waals surface area contributed by atoms with Crippen molar-refractivity contribution in [3.63, 3.8) is 0 Å². The van der Waals surface area contributed by atoms with Gasteiger partial charge in [0.15, 0.2) is 0 Å². The highest BCUT2D eigenvalue weighted by Gasteiger charge is 2.19. The highest BCUT2D eigenvalue weighted by atomic mass is 32.2. The van der Waals surface area contributed by atoms with Crippen molar-refractivity contribution in [3.05, 3.63) is 78.0 Å². The second kappa shape index (κ2) is 9.59. The zero-order chi connectivity index (χ0) is 22.4. The van der Waals surface area contributed by atoms with Crippen LogP contribution in [-0.2, 0) is 21.4 Å². The van der Waals surface area contributed by atoms with Gasteiger partial charge in [-0.1, -0.05) is 24.3 Å². The van der Waals surface area contributed by atoms with E-state index in [-0.39, 0.29) is 17.1 Å². The largest absolute Gasteiger partial charge is 0.495 e. The number of pyridine rings is 1. The van der Waals surface area contributed by atoms with E-state index in [0.29, 0.717) is 22.8 Å². The van der Waals surface area contributed by atoms with Crippen LogP contribution < -0.4 is 10.1 Å². The maximum absolute atomic E-state index is 12.7. The number of methoxy groups -OCH3 is 1. The lowest BCUT2D eigenvalue weighted by Crippen LogP contribution is -2.22. The molecular formula is C22H23N3O5S. The Morgan fingerprint density at radius 1 is 1.06 bits per heavy atom. The molecule has 1 N–H and O–H groups in total. The number of carbonyl (C=O) groups is 1. The van der Waals surface area contributed by atoms with Gasteiger partial charge in [-0.25, -0.2) is 22.5 Å². The number of carbonyl (C=O) groups excluding carboxylic acids is 1. The summed E-state index contributed by atoms with van der Waals surface area (Å²) in [7, 11) is 0.895.